The van der Waals surface area contributed by atoms with Crippen molar-refractivity contribution in [2.45, 2.75) is 11.9 Å². The highest BCUT2D eigenvalue weighted by molar-refractivity contribution is 7.86. The van der Waals surface area contributed by atoms with Crippen molar-refractivity contribution >= 4 is 27.6 Å². The van der Waals surface area contributed by atoms with E-state index in [1.807, 2.05) is 18.2 Å². The van der Waals surface area contributed by atoms with Gasteiger partial charge in [0.05, 0.1) is 20.0 Å². The van der Waals surface area contributed by atoms with Gasteiger partial charge in [0.25, 0.3) is 0 Å². The Hall–Kier alpha value is -2.29. The third kappa shape index (κ3) is 6.92. The van der Waals surface area contributed by atoms with Crippen LogP contribution in [0.3, 0.4) is 0 Å². The van der Waals surface area contributed by atoms with Crippen LogP contribution in [-0.2, 0) is 26.2 Å². The van der Waals surface area contributed by atoms with E-state index < -0.39 is 15.5 Å². The van der Waals surface area contributed by atoms with Crippen LogP contribution < -0.4 is 8.92 Å². The molecule has 0 aromatic heterocycles. The molecule has 2 aromatic rings. The number of amides is 1. The van der Waals surface area contributed by atoms with Crippen LogP contribution >= 0.6 is 11.6 Å². The van der Waals surface area contributed by atoms with E-state index in [0.717, 1.165) is 6.26 Å². The van der Waals surface area contributed by atoms with Gasteiger partial charge in [-0.05, 0) is 23.3 Å². The number of carbonyl (C=O) groups is 1. The first-order chi connectivity index (χ1) is 13.7. The monoisotopic (exact) mass is 441 g/mol. The molecule has 0 N–H and O–H groups in total. The lowest BCUT2D eigenvalue weighted by atomic mass is 10.1. The van der Waals surface area contributed by atoms with Gasteiger partial charge in [0.15, 0.2) is 11.5 Å². The highest BCUT2D eigenvalue weighted by atomic mass is 35.5. The Balaban J connectivity index is 2.27. The summed E-state index contributed by atoms with van der Waals surface area (Å²) in [5, 5.41) is -0.849. The van der Waals surface area contributed by atoms with Crippen LogP contribution in [0.2, 0.25) is 0 Å². The number of benzene rings is 2. The zero-order chi connectivity index (χ0) is 21.4. The number of alkyl halides is 1. The second-order valence-corrected chi connectivity index (χ2v) is 8.31. The lowest BCUT2D eigenvalue weighted by molar-refractivity contribution is -0.132. The fraction of sp³-hybridized carbons (Fsp3) is 0.350. The normalized spacial score (nSPS) is 12.3. The maximum atomic E-state index is 13.0. The molecule has 0 heterocycles. The summed E-state index contributed by atoms with van der Waals surface area (Å²) in [6.07, 6.45) is 0.950. The fourth-order valence-corrected chi connectivity index (χ4v) is 3.40. The average Bonchev–Trinajstić information content (AvgIpc) is 2.69. The molecule has 1 unspecified atom stereocenters. The van der Waals surface area contributed by atoms with Crippen LogP contribution in [0, 0.1) is 0 Å². The molecule has 1 atom stereocenters. The molecule has 158 valence electrons. The van der Waals surface area contributed by atoms with Crippen molar-refractivity contribution in [3.05, 3.63) is 59.7 Å². The summed E-state index contributed by atoms with van der Waals surface area (Å²) in [6.45, 7) is 0.842. The highest BCUT2D eigenvalue weighted by Gasteiger charge is 2.24. The van der Waals surface area contributed by atoms with Gasteiger partial charge >= 0.3 is 10.1 Å². The van der Waals surface area contributed by atoms with Crippen LogP contribution in [-0.4, -0.2) is 52.9 Å². The largest absolute Gasteiger partial charge is 0.493 e. The fourth-order valence-electron chi connectivity index (χ4n) is 2.66. The van der Waals surface area contributed by atoms with Crippen LogP contribution in [0.5, 0.6) is 11.5 Å². The van der Waals surface area contributed by atoms with Crippen LogP contribution in [0.15, 0.2) is 48.5 Å². The molecule has 0 aliphatic heterocycles. The van der Waals surface area contributed by atoms with E-state index in [4.69, 9.17) is 25.3 Å². The molecule has 7 nitrogen and oxygen atoms in total. The Bertz CT molecular complexity index is 920. The molecule has 2 aromatic carbocycles. The Morgan fingerprint density at radius 2 is 1.79 bits per heavy atom. The number of carbonyl (C=O) groups excluding carboxylic acids is 1. The van der Waals surface area contributed by atoms with Gasteiger partial charge in [-0.2, -0.15) is 8.42 Å². The summed E-state index contributed by atoms with van der Waals surface area (Å²) in [5.41, 5.74) is 1.35. The molecule has 2 rings (SSSR count). The minimum absolute atomic E-state index is 0.0529. The molecule has 0 aliphatic carbocycles. The van der Waals surface area contributed by atoms with Crippen molar-refractivity contribution in [3.63, 3.8) is 0 Å². The molecular weight excluding hydrogens is 418 g/mol. The predicted molar refractivity (Wildman–Crippen MR) is 111 cm³/mol. The van der Waals surface area contributed by atoms with E-state index in [1.165, 1.54) is 13.2 Å². The number of nitrogens with zero attached hydrogens (tertiary/aromatic N) is 1. The summed E-state index contributed by atoms with van der Waals surface area (Å²) in [5.74, 6) is 0.0434. The second-order valence-electron chi connectivity index (χ2n) is 6.30. The van der Waals surface area contributed by atoms with Crippen molar-refractivity contribution in [2.24, 2.45) is 0 Å². The SMILES string of the molecule is COCCN(Cc1ccc(OC)c(OS(C)(=O)=O)c1)C(=O)C(Cl)c1ccccc1. The van der Waals surface area contributed by atoms with Crippen LogP contribution in [0.4, 0.5) is 0 Å². The summed E-state index contributed by atoms with van der Waals surface area (Å²) in [4.78, 5) is 14.5. The zero-order valence-electron chi connectivity index (χ0n) is 16.5. The summed E-state index contributed by atoms with van der Waals surface area (Å²) in [7, 11) is -0.778. The molecule has 0 bridgehead atoms. The van der Waals surface area contributed by atoms with Gasteiger partial charge in [-0.25, -0.2) is 0 Å². The summed E-state index contributed by atoms with van der Waals surface area (Å²) in [6, 6.07) is 13.9. The Labute approximate surface area is 176 Å². The van der Waals surface area contributed by atoms with Crippen molar-refractivity contribution in [3.8, 4) is 11.5 Å². The number of ether oxygens (including phenoxy) is 2. The maximum absolute atomic E-state index is 13.0. The molecule has 0 saturated heterocycles. The minimum Gasteiger partial charge on any atom is -0.493 e. The van der Waals surface area contributed by atoms with Crippen LogP contribution in [0.1, 0.15) is 16.5 Å². The quantitative estimate of drug-likeness (QED) is 0.416. The van der Waals surface area contributed by atoms with Gasteiger partial charge in [0.1, 0.15) is 5.38 Å². The third-order valence-electron chi connectivity index (χ3n) is 4.03. The van der Waals surface area contributed by atoms with Gasteiger partial charge in [-0.3, -0.25) is 4.79 Å². The van der Waals surface area contributed by atoms with E-state index in [-0.39, 0.29) is 24.0 Å². The number of methoxy groups -OCH3 is 2. The molecule has 29 heavy (non-hydrogen) atoms. The molecule has 0 saturated carbocycles. The van der Waals surface area contributed by atoms with Crippen molar-refractivity contribution in [1.29, 1.82) is 0 Å². The maximum Gasteiger partial charge on any atom is 0.306 e. The first-order valence-electron chi connectivity index (χ1n) is 8.78. The number of hydrogen-bond acceptors (Lipinski definition) is 6. The summed E-state index contributed by atoms with van der Waals surface area (Å²) >= 11 is 6.41. The van der Waals surface area contributed by atoms with Gasteiger partial charge < -0.3 is 18.6 Å². The van der Waals surface area contributed by atoms with Gasteiger partial charge in [0, 0.05) is 20.2 Å². The van der Waals surface area contributed by atoms with Gasteiger partial charge in [-0.15, -0.1) is 11.6 Å². The van der Waals surface area contributed by atoms with Crippen molar-refractivity contribution < 1.29 is 26.9 Å². The Kier molecular flexibility index (Phi) is 8.31. The van der Waals surface area contributed by atoms with Crippen molar-refractivity contribution in [1.82, 2.24) is 4.90 Å². The lowest BCUT2D eigenvalue weighted by Gasteiger charge is -2.25. The minimum atomic E-state index is -3.74. The van der Waals surface area contributed by atoms with Crippen LogP contribution in [0.25, 0.3) is 0 Å². The zero-order valence-corrected chi connectivity index (χ0v) is 18.1. The first-order valence-corrected chi connectivity index (χ1v) is 11.0. The lowest BCUT2D eigenvalue weighted by Crippen LogP contribution is -2.35. The molecular formula is C20H24ClNO6S. The van der Waals surface area contributed by atoms with Gasteiger partial charge in [-0.1, -0.05) is 36.4 Å². The molecule has 0 radical (unpaired) electrons. The predicted octanol–water partition coefficient (Wildman–Crippen LogP) is 2.99. The smallest absolute Gasteiger partial charge is 0.306 e. The number of rotatable bonds is 10. The van der Waals surface area contributed by atoms with E-state index in [0.29, 0.717) is 24.3 Å². The third-order valence-corrected chi connectivity index (χ3v) is 4.95. The standard InChI is InChI=1S/C20H24ClNO6S/c1-26-12-11-22(20(23)19(21)16-7-5-4-6-8-16)14-15-9-10-17(27-2)18(13-15)28-29(3,24)25/h4-10,13,19H,11-12,14H2,1-3H3. The molecule has 0 aliphatic rings. The molecule has 0 fully saturated rings. The van der Waals surface area contributed by atoms with E-state index in [9.17, 15) is 13.2 Å². The Morgan fingerprint density at radius 1 is 1.10 bits per heavy atom. The van der Waals surface area contributed by atoms with Gasteiger partial charge in [0.2, 0.25) is 5.91 Å². The number of hydrogen-bond donors (Lipinski definition) is 0. The van der Waals surface area contributed by atoms with E-state index >= 15 is 0 Å². The summed E-state index contributed by atoms with van der Waals surface area (Å²) < 4.78 is 38.3. The molecule has 0 spiro atoms. The highest BCUT2D eigenvalue weighted by Crippen LogP contribution is 2.30. The van der Waals surface area contributed by atoms with E-state index in [2.05, 4.69) is 0 Å². The van der Waals surface area contributed by atoms with Crippen molar-refractivity contribution in [2.75, 3.05) is 33.6 Å². The average molecular weight is 442 g/mol. The molecule has 9 heteroatoms. The topological polar surface area (TPSA) is 82.1 Å². The first kappa shape index (κ1) is 23.0. The second kappa shape index (κ2) is 10.5. The Morgan fingerprint density at radius 3 is 2.38 bits per heavy atom. The number of halogens is 1. The van der Waals surface area contributed by atoms with E-state index in [1.54, 1.807) is 36.3 Å². The molecule has 1 amide bonds.